The number of anilines is 1. The highest BCUT2D eigenvalue weighted by Crippen LogP contribution is 2.18. The van der Waals surface area contributed by atoms with Crippen LogP contribution in [0.5, 0.6) is 0 Å². The van der Waals surface area contributed by atoms with E-state index >= 15 is 0 Å². The van der Waals surface area contributed by atoms with Crippen LogP contribution in [0.3, 0.4) is 0 Å². The maximum absolute atomic E-state index is 12.8. The van der Waals surface area contributed by atoms with Gasteiger partial charge in [0.1, 0.15) is 0 Å². The molecule has 0 bridgehead atoms. The van der Waals surface area contributed by atoms with E-state index in [9.17, 15) is 14.4 Å². The molecule has 0 unspecified atom stereocenters. The maximum Gasteiger partial charge on any atom is 0.253 e. The van der Waals surface area contributed by atoms with Crippen molar-refractivity contribution in [3.8, 4) is 0 Å². The molecule has 0 spiro atoms. The first-order valence-corrected chi connectivity index (χ1v) is 10.6. The number of amides is 3. The van der Waals surface area contributed by atoms with E-state index in [-0.39, 0.29) is 42.9 Å². The lowest BCUT2D eigenvalue weighted by molar-refractivity contribution is -0.123. The highest BCUT2D eigenvalue weighted by atomic mass is 16.2. The molecule has 0 radical (unpaired) electrons. The molecule has 0 aliphatic carbocycles. The molecule has 3 N–H and O–H groups in total. The first kappa shape index (κ1) is 24.1. The number of para-hydroxylation sites is 1. The van der Waals surface area contributed by atoms with Crippen LogP contribution in [0.25, 0.3) is 0 Å². The van der Waals surface area contributed by atoms with Gasteiger partial charge in [0.15, 0.2) is 0 Å². The normalized spacial score (nSPS) is 11.8. The summed E-state index contributed by atoms with van der Waals surface area (Å²) in [6.45, 7) is 8.33. The predicted molar refractivity (Wildman–Crippen MR) is 123 cm³/mol. The number of nitrogens with one attached hydrogen (secondary N) is 3. The molecule has 0 heterocycles. The van der Waals surface area contributed by atoms with Crippen LogP contribution in [0, 0.1) is 0 Å². The molecular weight excluding hydrogens is 392 g/mol. The van der Waals surface area contributed by atoms with E-state index < -0.39 is 0 Å². The van der Waals surface area contributed by atoms with Gasteiger partial charge in [-0.3, -0.25) is 19.3 Å². The van der Waals surface area contributed by atoms with E-state index in [4.69, 9.17) is 0 Å². The Labute approximate surface area is 184 Å². The Bertz CT molecular complexity index is 883. The average molecular weight is 425 g/mol. The monoisotopic (exact) mass is 424 g/mol. The average Bonchev–Trinajstić information content (AvgIpc) is 2.73. The number of nitrogens with zero attached hydrogens (tertiary/aromatic N) is 1. The fourth-order valence-electron chi connectivity index (χ4n) is 3.13. The minimum absolute atomic E-state index is 0.0451. The zero-order valence-corrected chi connectivity index (χ0v) is 18.6. The van der Waals surface area contributed by atoms with Crippen molar-refractivity contribution in [2.24, 2.45) is 0 Å². The summed E-state index contributed by atoms with van der Waals surface area (Å²) in [5, 5.41) is 8.60. The number of rotatable bonds is 10. The van der Waals surface area contributed by atoms with Crippen molar-refractivity contribution in [3.63, 3.8) is 0 Å². The summed E-state index contributed by atoms with van der Waals surface area (Å²) < 4.78 is 0. The third-order valence-electron chi connectivity index (χ3n) is 4.72. The van der Waals surface area contributed by atoms with Gasteiger partial charge in [0.25, 0.3) is 5.91 Å². The van der Waals surface area contributed by atoms with Crippen molar-refractivity contribution >= 4 is 23.4 Å². The molecular formula is C24H32N4O3. The van der Waals surface area contributed by atoms with Gasteiger partial charge in [-0.2, -0.15) is 0 Å². The van der Waals surface area contributed by atoms with Crippen molar-refractivity contribution in [3.05, 3.63) is 65.7 Å². The minimum atomic E-state index is -0.282. The van der Waals surface area contributed by atoms with Crippen LogP contribution in [0.4, 0.5) is 5.69 Å². The second-order valence-corrected chi connectivity index (χ2v) is 7.73. The van der Waals surface area contributed by atoms with Crippen molar-refractivity contribution < 1.29 is 14.4 Å². The van der Waals surface area contributed by atoms with E-state index in [0.29, 0.717) is 17.8 Å². The third-order valence-corrected chi connectivity index (χ3v) is 4.72. The number of likely N-dealkylation sites (N-methyl/N-ethyl adjacent to an activating group) is 1. The summed E-state index contributed by atoms with van der Waals surface area (Å²) in [5.74, 6) is -0.675. The van der Waals surface area contributed by atoms with Gasteiger partial charge in [0.2, 0.25) is 11.8 Å². The van der Waals surface area contributed by atoms with E-state index in [1.807, 2.05) is 58.0 Å². The van der Waals surface area contributed by atoms with E-state index in [2.05, 4.69) is 16.0 Å². The molecule has 0 aromatic heterocycles. The van der Waals surface area contributed by atoms with Gasteiger partial charge in [-0.05, 0) is 45.0 Å². The fraction of sp³-hybridized carbons (Fsp3) is 0.375. The van der Waals surface area contributed by atoms with Crippen LogP contribution < -0.4 is 16.0 Å². The molecule has 2 aromatic carbocycles. The Hall–Kier alpha value is -3.19. The molecule has 0 aliphatic rings. The minimum Gasteiger partial charge on any atom is -0.353 e. The quantitative estimate of drug-likeness (QED) is 0.547. The Morgan fingerprint density at radius 2 is 1.45 bits per heavy atom. The van der Waals surface area contributed by atoms with E-state index in [1.54, 1.807) is 29.2 Å². The van der Waals surface area contributed by atoms with Gasteiger partial charge in [-0.15, -0.1) is 0 Å². The van der Waals surface area contributed by atoms with Gasteiger partial charge in [0, 0.05) is 6.04 Å². The summed E-state index contributed by atoms with van der Waals surface area (Å²) >= 11 is 0. The number of benzene rings is 2. The van der Waals surface area contributed by atoms with Crippen LogP contribution in [0.15, 0.2) is 54.6 Å². The Kier molecular flexibility index (Phi) is 9.21. The molecule has 0 fully saturated rings. The molecule has 7 nitrogen and oxygen atoms in total. The maximum atomic E-state index is 12.8. The standard InChI is InChI=1S/C24H32N4O3/c1-5-28(15-22(29)25-17(2)3)16-23(30)27-21-14-10-9-13-20(21)24(31)26-18(4)19-11-7-6-8-12-19/h6-14,17-18H,5,15-16H2,1-4H3,(H,25,29)(H,26,31)(H,27,30)/t18-/m1/s1. The van der Waals surface area contributed by atoms with Gasteiger partial charge < -0.3 is 16.0 Å². The largest absolute Gasteiger partial charge is 0.353 e. The molecule has 0 saturated heterocycles. The Balaban J connectivity index is 2.01. The summed E-state index contributed by atoms with van der Waals surface area (Å²) in [6, 6.07) is 16.4. The second kappa shape index (κ2) is 11.9. The highest BCUT2D eigenvalue weighted by Gasteiger charge is 2.18. The first-order chi connectivity index (χ1) is 14.8. The van der Waals surface area contributed by atoms with Gasteiger partial charge in [-0.1, -0.05) is 49.4 Å². The summed E-state index contributed by atoms with van der Waals surface area (Å²) in [6.07, 6.45) is 0. The number of hydrogen-bond acceptors (Lipinski definition) is 4. The van der Waals surface area contributed by atoms with Gasteiger partial charge in [0.05, 0.1) is 30.4 Å². The lowest BCUT2D eigenvalue weighted by atomic mass is 10.1. The molecule has 0 aliphatic heterocycles. The van der Waals surface area contributed by atoms with Crippen LogP contribution in [-0.4, -0.2) is 48.3 Å². The summed E-state index contributed by atoms with van der Waals surface area (Å²) in [4.78, 5) is 39.2. The molecule has 166 valence electrons. The lowest BCUT2D eigenvalue weighted by Crippen LogP contribution is -2.43. The van der Waals surface area contributed by atoms with Crippen LogP contribution >= 0.6 is 0 Å². The van der Waals surface area contributed by atoms with Crippen LogP contribution in [0.2, 0.25) is 0 Å². The number of hydrogen-bond donors (Lipinski definition) is 3. The smallest absolute Gasteiger partial charge is 0.253 e. The van der Waals surface area contributed by atoms with Gasteiger partial charge >= 0.3 is 0 Å². The topological polar surface area (TPSA) is 90.5 Å². The zero-order chi connectivity index (χ0) is 22.8. The molecule has 2 rings (SSSR count). The van der Waals surface area contributed by atoms with Gasteiger partial charge in [-0.25, -0.2) is 0 Å². The van der Waals surface area contributed by atoms with E-state index in [0.717, 1.165) is 5.56 Å². The molecule has 0 saturated carbocycles. The Morgan fingerprint density at radius 3 is 2.10 bits per heavy atom. The summed E-state index contributed by atoms with van der Waals surface area (Å²) in [7, 11) is 0. The third kappa shape index (κ3) is 7.86. The molecule has 3 amide bonds. The van der Waals surface area contributed by atoms with Crippen molar-refractivity contribution in [1.82, 2.24) is 15.5 Å². The van der Waals surface area contributed by atoms with Crippen molar-refractivity contribution in [1.29, 1.82) is 0 Å². The SMILES string of the molecule is CCN(CC(=O)Nc1ccccc1C(=O)N[C@H](C)c1ccccc1)CC(=O)NC(C)C. The van der Waals surface area contributed by atoms with Crippen LogP contribution in [-0.2, 0) is 9.59 Å². The Morgan fingerprint density at radius 1 is 0.839 bits per heavy atom. The molecule has 2 aromatic rings. The number of carbonyl (C=O) groups excluding carboxylic acids is 3. The van der Waals surface area contributed by atoms with Crippen LogP contribution in [0.1, 0.15) is 49.7 Å². The van der Waals surface area contributed by atoms with E-state index in [1.165, 1.54) is 0 Å². The lowest BCUT2D eigenvalue weighted by Gasteiger charge is -2.21. The first-order valence-electron chi connectivity index (χ1n) is 10.6. The molecule has 31 heavy (non-hydrogen) atoms. The second-order valence-electron chi connectivity index (χ2n) is 7.73. The molecule has 7 heteroatoms. The fourth-order valence-corrected chi connectivity index (χ4v) is 3.13. The molecule has 1 atom stereocenters. The predicted octanol–water partition coefficient (Wildman–Crippen LogP) is 2.96. The summed E-state index contributed by atoms with van der Waals surface area (Å²) in [5.41, 5.74) is 1.82. The number of carbonyl (C=O) groups is 3. The highest BCUT2D eigenvalue weighted by molar-refractivity contribution is 6.04. The van der Waals surface area contributed by atoms with Crippen molar-refractivity contribution in [2.75, 3.05) is 25.0 Å². The van der Waals surface area contributed by atoms with Crippen molar-refractivity contribution in [2.45, 2.75) is 39.8 Å². The zero-order valence-electron chi connectivity index (χ0n) is 18.6.